The van der Waals surface area contributed by atoms with Crippen LogP contribution < -0.4 is 4.80 Å². The lowest BCUT2D eigenvalue weighted by atomic mass is 10.2. The predicted octanol–water partition coefficient (Wildman–Crippen LogP) is 4.65. The molecule has 5 nitrogen and oxygen atoms in total. The van der Waals surface area contributed by atoms with E-state index in [4.69, 9.17) is 16.3 Å². The topological polar surface area (TPSA) is 60.7 Å². The van der Waals surface area contributed by atoms with Crippen LogP contribution in [-0.4, -0.2) is 35.6 Å². The number of fused-ring (bicyclic) bond motifs is 1. The van der Waals surface area contributed by atoms with Crippen molar-refractivity contribution in [1.29, 1.82) is 0 Å². The van der Waals surface area contributed by atoms with Crippen LogP contribution in [0, 0.1) is 0 Å². The molecule has 0 atom stereocenters. The Hall–Kier alpha value is -2.35. The summed E-state index contributed by atoms with van der Waals surface area (Å²) in [6.07, 6.45) is 5.09. The summed E-state index contributed by atoms with van der Waals surface area (Å²) in [5.41, 5.74) is 2.15. The molecule has 8 heteroatoms. The molecule has 1 amide bonds. The third kappa shape index (κ3) is 5.18. The van der Waals surface area contributed by atoms with Crippen molar-refractivity contribution in [3.63, 3.8) is 0 Å². The summed E-state index contributed by atoms with van der Waals surface area (Å²) in [5.74, 6) is 0.109. The number of methoxy groups -OCH3 is 1. The predicted molar refractivity (Wildman–Crippen MR) is 121 cm³/mol. The molecule has 0 radical (unpaired) electrons. The molecule has 2 aromatic carbocycles. The van der Waals surface area contributed by atoms with Crippen LogP contribution in [-0.2, 0) is 16.1 Å². The second-order valence-electron chi connectivity index (χ2n) is 6.01. The summed E-state index contributed by atoms with van der Waals surface area (Å²) in [4.78, 5) is 29.1. The minimum absolute atomic E-state index is 0.373. The first kappa shape index (κ1) is 21.4. The zero-order chi connectivity index (χ0) is 20.8. The van der Waals surface area contributed by atoms with Gasteiger partial charge in [-0.25, -0.2) is 4.79 Å². The van der Waals surface area contributed by atoms with Gasteiger partial charge in [-0.1, -0.05) is 41.1 Å². The van der Waals surface area contributed by atoms with Gasteiger partial charge in [-0.15, -0.1) is 0 Å². The standard InChI is InChI=1S/C21H19ClN2O3S2/c1-27-20(26)15-7-9-17-18(13-15)29-21(24(17)11-12-28-2)23-19(25)10-8-14-5-3-4-6-16(14)22/h3-10,13H,11-12H2,1-2H3/b10-8+,23-21?. The van der Waals surface area contributed by atoms with Crippen molar-refractivity contribution in [3.8, 4) is 0 Å². The van der Waals surface area contributed by atoms with Gasteiger partial charge in [-0.2, -0.15) is 16.8 Å². The molecule has 3 rings (SSSR count). The fourth-order valence-electron chi connectivity index (χ4n) is 2.70. The van der Waals surface area contributed by atoms with Crippen molar-refractivity contribution in [2.75, 3.05) is 19.1 Å². The SMILES string of the molecule is COC(=O)c1ccc2c(c1)sc(=NC(=O)/C=C/c1ccccc1Cl)n2CCSC. The number of ether oxygens (including phenoxy) is 1. The Morgan fingerprint density at radius 2 is 2.07 bits per heavy atom. The molecule has 0 aliphatic carbocycles. The Morgan fingerprint density at radius 1 is 1.28 bits per heavy atom. The largest absolute Gasteiger partial charge is 0.465 e. The maximum atomic E-state index is 12.4. The van der Waals surface area contributed by atoms with E-state index in [1.165, 1.54) is 24.5 Å². The molecule has 3 aromatic rings. The van der Waals surface area contributed by atoms with Crippen LogP contribution in [0.15, 0.2) is 53.5 Å². The first-order valence-corrected chi connectivity index (χ1v) is 11.3. The maximum absolute atomic E-state index is 12.4. The molecule has 29 heavy (non-hydrogen) atoms. The van der Waals surface area contributed by atoms with Crippen LogP contribution in [0.5, 0.6) is 0 Å². The zero-order valence-corrected chi connectivity index (χ0v) is 18.3. The van der Waals surface area contributed by atoms with Crippen molar-refractivity contribution < 1.29 is 14.3 Å². The smallest absolute Gasteiger partial charge is 0.337 e. The quantitative estimate of drug-likeness (QED) is 0.408. The lowest BCUT2D eigenvalue weighted by Gasteiger charge is -2.04. The Kier molecular flexibility index (Phi) is 7.30. The fourth-order valence-corrected chi connectivity index (χ4v) is 4.37. The summed E-state index contributed by atoms with van der Waals surface area (Å²) in [7, 11) is 1.35. The molecule has 0 N–H and O–H groups in total. The number of thiazole rings is 1. The Bertz CT molecular complexity index is 1150. The average molecular weight is 447 g/mol. The number of carbonyl (C=O) groups excluding carboxylic acids is 2. The minimum atomic E-state index is -0.395. The fraction of sp³-hybridized carbons (Fsp3) is 0.190. The van der Waals surface area contributed by atoms with E-state index in [9.17, 15) is 9.59 Å². The van der Waals surface area contributed by atoms with Gasteiger partial charge in [0.2, 0.25) is 0 Å². The molecule has 0 unspecified atom stereocenters. The van der Waals surface area contributed by atoms with Gasteiger partial charge in [-0.3, -0.25) is 4.79 Å². The molecule has 0 fully saturated rings. The number of hydrogen-bond donors (Lipinski definition) is 0. The monoisotopic (exact) mass is 446 g/mol. The molecule has 150 valence electrons. The maximum Gasteiger partial charge on any atom is 0.337 e. The van der Waals surface area contributed by atoms with Crippen molar-refractivity contribution in [2.24, 2.45) is 4.99 Å². The average Bonchev–Trinajstić information content (AvgIpc) is 3.06. The van der Waals surface area contributed by atoms with Gasteiger partial charge in [-0.05, 0) is 42.2 Å². The number of rotatable bonds is 6. The van der Waals surface area contributed by atoms with E-state index in [2.05, 4.69) is 4.99 Å². The number of benzene rings is 2. The molecule has 1 aromatic heterocycles. The van der Waals surface area contributed by atoms with Crippen LogP contribution >= 0.6 is 34.7 Å². The van der Waals surface area contributed by atoms with Crippen molar-refractivity contribution in [2.45, 2.75) is 6.54 Å². The van der Waals surface area contributed by atoms with Crippen LogP contribution in [0.2, 0.25) is 5.02 Å². The normalized spacial score (nSPS) is 12.0. The second-order valence-corrected chi connectivity index (χ2v) is 8.41. The molecular weight excluding hydrogens is 428 g/mol. The number of esters is 1. The highest BCUT2D eigenvalue weighted by atomic mass is 35.5. The van der Waals surface area contributed by atoms with Gasteiger partial charge in [0.25, 0.3) is 5.91 Å². The highest BCUT2D eigenvalue weighted by Crippen LogP contribution is 2.20. The number of aromatic nitrogens is 1. The minimum Gasteiger partial charge on any atom is -0.465 e. The van der Waals surface area contributed by atoms with Gasteiger partial charge >= 0.3 is 5.97 Å². The van der Waals surface area contributed by atoms with Gasteiger partial charge in [0.15, 0.2) is 4.80 Å². The number of hydrogen-bond acceptors (Lipinski definition) is 5. The van der Waals surface area contributed by atoms with Crippen molar-refractivity contribution >= 4 is 62.9 Å². The van der Waals surface area contributed by atoms with Crippen LogP contribution in [0.3, 0.4) is 0 Å². The molecule has 0 saturated carbocycles. The number of carbonyl (C=O) groups is 2. The third-order valence-electron chi connectivity index (χ3n) is 4.14. The summed E-state index contributed by atoms with van der Waals surface area (Å²) in [6.45, 7) is 0.707. The van der Waals surface area contributed by atoms with Crippen molar-refractivity contribution in [3.05, 3.63) is 69.5 Å². The van der Waals surface area contributed by atoms with E-state index in [1.54, 1.807) is 36.0 Å². The number of halogens is 1. The first-order chi connectivity index (χ1) is 14.0. The van der Waals surface area contributed by atoms with Crippen LogP contribution in [0.1, 0.15) is 15.9 Å². The first-order valence-electron chi connectivity index (χ1n) is 8.75. The van der Waals surface area contributed by atoms with Gasteiger partial charge in [0, 0.05) is 23.4 Å². The van der Waals surface area contributed by atoms with E-state index in [0.29, 0.717) is 21.9 Å². The Morgan fingerprint density at radius 3 is 2.79 bits per heavy atom. The molecule has 0 bridgehead atoms. The van der Waals surface area contributed by atoms with Gasteiger partial charge in [0.05, 0.1) is 22.9 Å². The van der Waals surface area contributed by atoms with Gasteiger partial charge < -0.3 is 9.30 Å². The molecule has 0 aliphatic rings. The van der Waals surface area contributed by atoms with Crippen LogP contribution in [0.25, 0.3) is 16.3 Å². The highest BCUT2D eigenvalue weighted by molar-refractivity contribution is 7.98. The summed E-state index contributed by atoms with van der Waals surface area (Å²) in [6, 6.07) is 12.6. The molecule has 0 saturated heterocycles. The van der Waals surface area contributed by atoms with E-state index in [1.807, 2.05) is 35.1 Å². The van der Waals surface area contributed by atoms with E-state index >= 15 is 0 Å². The second kappa shape index (κ2) is 9.91. The highest BCUT2D eigenvalue weighted by Gasteiger charge is 2.11. The van der Waals surface area contributed by atoms with E-state index in [0.717, 1.165) is 21.5 Å². The van der Waals surface area contributed by atoms with Crippen molar-refractivity contribution in [1.82, 2.24) is 4.57 Å². The van der Waals surface area contributed by atoms with E-state index < -0.39 is 5.97 Å². The molecule has 0 spiro atoms. The third-order valence-corrected chi connectivity index (χ3v) is 6.12. The summed E-state index contributed by atoms with van der Waals surface area (Å²) < 4.78 is 7.66. The molecule has 0 aliphatic heterocycles. The summed E-state index contributed by atoms with van der Waals surface area (Å²) in [5, 5.41) is 0.573. The lowest BCUT2D eigenvalue weighted by molar-refractivity contribution is -0.113. The lowest BCUT2D eigenvalue weighted by Crippen LogP contribution is -2.17. The number of amides is 1. The Labute approximate surface area is 181 Å². The summed E-state index contributed by atoms with van der Waals surface area (Å²) >= 11 is 9.20. The zero-order valence-electron chi connectivity index (χ0n) is 15.9. The number of aryl methyl sites for hydroxylation is 1. The van der Waals surface area contributed by atoms with E-state index in [-0.39, 0.29) is 5.91 Å². The Balaban J connectivity index is 2.00. The molecular formula is C21H19ClN2O3S2. The number of nitrogens with zero attached hydrogens (tertiary/aromatic N) is 2. The van der Waals surface area contributed by atoms with Gasteiger partial charge in [0.1, 0.15) is 0 Å². The number of thioether (sulfide) groups is 1. The molecule has 1 heterocycles. The van der Waals surface area contributed by atoms with Crippen LogP contribution in [0.4, 0.5) is 0 Å².